The Morgan fingerprint density at radius 3 is 2.97 bits per heavy atom. The number of morpholine rings is 1. The van der Waals surface area contributed by atoms with Crippen LogP contribution in [0.25, 0.3) is 10.9 Å². The third-order valence-electron chi connectivity index (χ3n) is 6.29. The Kier molecular flexibility index (Phi) is 5.03. The number of hydrogen-bond donors (Lipinski definition) is 1. The first-order valence-corrected chi connectivity index (χ1v) is 11.8. The van der Waals surface area contributed by atoms with Gasteiger partial charge in [0.2, 0.25) is 10.0 Å². The Hall–Kier alpha value is -2.82. The molecule has 2 unspecified atom stereocenters. The van der Waals surface area contributed by atoms with Gasteiger partial charge in [0, 0.05) is 43.0 Å². The molecule has 5 rings (SSSR count). The number of nitrogens with one attached hydrogen (secondary N) is 1. The minimum Gasteiger partial charge on any atom is -0.375 e. The van der Waals surface area contributed by atoms with Crippen molar-refractivity contribution in [3.05, 3.63) is 59.3 Å². The summed E-state index contributed by atoms with van der Waals surface area (Å²) in [5.41, 5.74) is 1.63. The largest absolute Gasteiger partial charge is 0.375 e. The van der Waals surface area contributed by atoms with Gasteiger partial charge in [0.15, 0.2) is 0 Å². The molecular formula is C22H23FN4O4S. The van der Waals surface area contributed by atoms with Gasteiger partial charge < -0.3 is 14.6 Å². The van der Waals surface area contributed by atoms with Gasteiger partial charge in [-0.25, -0.2) is 12.8 Å². The highest BCUT2D eigenvalue weighted by atomic mass is 32.2. The van der Waals surface area contributed by atoms with E-state index in [0.717, 1.165) is 0 Å². The first-order valence-electron chi connectivity index (χ1n) is 10.4. The Balaban J connectivity index is 1.40. The van der Waals surface area contributed by atoms with Crippen molar-refractivity contribution in [1.82, 2.24) is 19.2 Å². The molecular weight excluding hydrogens is 435 g/mol. The number of amides is 1. The van der Waals surface area contributed by atoms with Gasteiger partial charge >= 0.3 is 0 Å². The van der Waals surface area contributed by atoms with Crippen LogP contribution in [0.3, 0.4) is 0 Å². The van der Waals surface area contributed by atoms with Crippen LogP contribution in [0.15, 0.2) is 41.4 Å². The number of aromatic nitrogens is 2. The number of benzene rings is 1. The minimum atomic E-state index is -3.75. The van der Waals surface area contributed by atoms with Gasteiger partial charge in [0.1, 0.15) is 16.4 Å². The molecule has 1 saturated carbocycles. The van der Waals surface area contributed by atoms with Crippen molar-refractivity contribution < 1.29 is 22.3 Å². The normalized spacial score (nSPS) is 20.8. The molecule has 3 aromatic rings. The van der Waals surface area contributed by atoms with Gasteiger partial charge in [-0.1, -0.05) is 6.07 Å². The summed E-state index contributed by atoms with van der Waals surface area (Å²) < 4.78 is 49.5. The van der Waals surface area contributed by atoms with E-state index < -0.39 is 21.7 Å². The van der Waals surface area contributed by atoms with E-state index in [1.165, 1.54) is 16.4 Å². The minimum absolute atomic E-state index is 0.0320. The maximum Gasteiger partial charge on any atom is 0.268 e. The summed E-state index contributed by atoms with van der Waals surface area (Å²) in [6.45, 7) is 2.29. The van der Waals surface area contributed by atoms with Gasteiger partial charge in [-0.3, -0.25) is 9.78 Å². The molecule has 2 aliphatic rings. The molecule has 2 aromatic heterocycles. The van der Waals surface area contributed by atoms with Crippen LogP contribution in [0.4, 0.5) is 4.39 Å². The molecule has 1 aliphatic heterocycles. The molecule has 3 heterocycles. The number of rotatable bonds is 5. The number of nitrogens with zero attached hydrogens (tertiary/aromatic N) is 3. The third-order valence-corrected chi connectivity index (χ3v) is 8.33. The molecule has 10 heteroatoms. The van der Waals surface area contributed by atoms with E-state index in [-0.39, 0.29) is 29.3 Å². The van der Waals surface area contributed by atoms with Crippen LogP contribution in [0.2, 0.25) is 0 Å². The Morgan fingerprint density at radius 2 is 2.16 bits per heavy atom. The molecule has 1 amide bonds. The van der Waals surface area contributed by atoms with Crippen molar-refractivity contribution in [3.63, 3.8) is 0 Å². The van der Waals surface area contributed by atoms with Gasteiger partial charge in [-0.15, -0.1) is 0 Å². The molecule has 0 spiro atoms. The number of halogens is 1. The van der Waals surface area contributed by atoms with Gasteiger partial charge in [-0.2, -0.15) is 4.31 Å². The third kappa shape index (κ3) is 3.39. The van der Waals surface area contributed by atoms with E-state index in [9.17, 15) is 17.6 Å². The predicted molar refractivity (Wildman–Crippen MR) is 115 cm³/mol. The van der Waals surface area contributed by atoms with E-state index in [1.807, 2.05) is 0 Å². The molecule has 168 valence electrons. The standard InChI is InChI=1S/C22H23FN4O4S/c1-13-21(32(29,30)27-8-9-31-20-10-18(20)27)11-19(26(13)2)22(28)25-12-15-14-4-3-7-24-17(14)6-5-16(15)23/h3-7,11,18,20H,8-10,12H2,1-2H3,(H,25,28). The second-order valence-corrected chi connectivity index (χ2v) is 10.0. The second kappa shape index (κ2) is 7.65. The van der Waals surface area contributed by atoms with E-state index in [4.69, 9.17) is 4.74 Å². The number of fused-ring (bicyclic) bond motifs is 2. The lowest BCUT2D eigenvalue weighted by atomic mass is 10.1. The van der Waals surface area contributed by atoms with Crippen LogP contribution in [0.1, 0.15) is 28.2 Å². The fourth-order valence-corrected chi connectivity index (χ4v) is 6.22. The molecule has 32 heavy (non-hydrogen) atoms. The summed E-state index contributed by atoms with van der Waals surface area (Å²) in [4.78, 5) is 17.3. The molecule has 8 nitrogen and oxygen atoms in total. The number of carbonyl (C=O) groups is 1. The van der Waals surface area contributed by atoms with Crippen molar-refractivity contribution in [2.45, 2.75) is 36.9 Å². The van der Waals surface area contributed by atoms with Crippen molar-refractivity contribution in [3.8, 4) is 0 Å². The summed E-state index contributed by atoms with van der Waals surface area (Å²) in [5, 5.41) is 3.34. The summed E-state index contributed by atoms with van der Waals surface area (Å²) in [6.07, 6.45) is 2.29. The van der Waals surface area contributed by atoms with Crippen molar-refractivity contribution in [2.24, 2.45) is 7.05 Å². The molecule has 0 bridgehead atoms. The van der Waals surface area contributed by atoms with Crippen LogP contribution >= 0.6 is 0 Å². The molecule has 1 aromatic carbocycles. The topological polar surface area (TPSA) is 93.5 Å². The molecule has 1 N–H and O–H groups in total. The van der Waals surface area contributed by atoms with Gasteiger partial charge in [0.05, 0.1) is 24.3 Å². The average Bonchev–Trinajstić information content (AvgIpc) is 3.51. The number of sulfonamides is 1. The smallest absolute Gasteiger partial charge is 0.268 e. The van der Waals surface area contributed by atoms with Crippen LogP contribution in [0.5, 0.6) is 0 Å². The second-order valence-electron chi connectivity index (χ2n) is 8.15. The van der Waals surface area contributed by atoms with Crippen molar-refractivity contribution in [1.29, 1.82) is 0 Å². The summed E-state index contributed by atoms with van der Waals surface area (Å²) in [5.74, 6) is -0.924. The number of hydrogen-bond acceptors (Lipinski definition) is 5. The maximum atomic E-state index is 14.4. The van der Waals surface area contributed by atoms with Crippen LogP contribution < -0.4 is 5.32 Å². The quantitative estimate of drug-likeness (QED) is 0.632. The van der Waals surface area contributed by atoms with Crippen molar-refractivity contribution >= 4 is 26.8 Å². The fourth-order valence-electron chi connectivity index (χ4n) is 4.30. The molecule has 0 radical (unpaired) electrons. The summed E-state index contributed by atoms with van der Waals surface area (Å²) >= 11 is 0. The van der Waals surface area contributed by atoms with E-state index in [2.05, 4.69) is 10.3 Å². The van der Waals surface area contributed by atoms with Crippen LogP contribution in [-0.4, -0.2) is 53.5 Å². The first kappa shape index (κ1) is 21.0. The number of pyridine rings is 1. The lowest BCUT2D eigenvalue weighted by Crippen LogP contribution is -2.41. The molecule has 2 atom stereocenters. The summed E-state index contributed by atoms with van der Waals surface area (Å²) in [6, 6.07) is 7.63. The summed E-state index contributed by atoms with van der Waals surface area (Å²) in [7, 11) is -2.11. The SMILES string of the molecule is Cc1c(S(=O)(=O)N2CCOC3CC32)cc(C(=O)NCc2c(F)ccc3ncccc23)n1C. The zero-order chi connectivity index (χ0) is 22.6. The number of carbonyl (C=O) groups excluding carboxylic acids is 1. The van der Waals surface area contributed by atoms with E-state index in [1.54, 1.807) is 42.9 Å². The lowest BCUT2D eigenvalue weighted by Gasteiger charge is -2.25. The Morgan fingerprint density at radius 1 is 1.34 bits per heavy atom. The van der Waals surface area contributed by atoms with Crippen LogP contribution in [-0.2, 0) is 28.4 Å². The lowest BCUT2D eigenvalue weighted by molar-refractivity contribution is 0.0623. The first-order chi connectivity index (χ1) is 15.3. The molecule has 1 aliphatic carbocycles. The highest BCUT2D eigenvalue weighted by Crippen LogP contribution is 2.38. The Labute approximate surface area is 185 Å². The van der Waals surface area contributed by atoms with Crippen LogP contribution in [0, 0.1) is 12.7 Å². The van der Waals surface area contributed by atoms with Crippen molar-refractivity contribution in [2.75, 3.05) is 13.2 Å². The molecule has 1 saturated heterocycles. The average molecular weight is 459 g/mol. The zero-order valence-corrected chi connectivity index (χ0v) is 18.5. The Bertz CT molecular complexity index is 1340. The highest BCUT2D eigenvalue weighted by Gasteiger charge is 2.51. The maximum absolute atomic E-state index is 14.4. The van der Waals surface area contributed by atoms with Gasteiger partial charge in [0.25, 0.3) is 5.91 Å². The molecule has 2 fully saturated rings. The predicted octanol–water partition coefficient (Wildman–Crippen LogP) is 2.11. The highest BCUT2D eigenvalue weighted by molar-refractivity contribution is 7.89. The van der Waals surface area contributed by atoms with E-state index >= 15 is 0 Å². The number of ether oxygens (including phenoxy) is 1. The zero-order valence-electron chi connectivity index (χ0n) is 17.7. The van der Waals surface area contributed by atoms with E-state index in [0.29, 0.717) is 41.7 Å². The fraction of sp³-hybridized carbons (Fsp3) is 0.364. The van der Waals surface area contributed by atoms with Gasteiger partial charge in [-0.05, 0) is 37.6 Å². The monoisotopic (exact) mass is 458 g/mol.